The second-order valence-electron chi connectivity index (χ2n) is 8.16. The predicted octanol–water partition coefficient (Wildman–Crippen LogP) is 3.07. The van der Waals surface area contributed by atoms with Crippen molar-refractivity contribution >= 4 is 15.9 Å². The van der Waals surface area contributed by atoms with Crippen LogP contribution in [0.4, 0.5) is 0 Å². The molecule has 1 fully saturated rings. The van der Waals surface area contributed by atoms with Crippen LogP contribution in [-0.4, -0.2) is 59.8 Å². The lowest BCUT2D eigenvalue weighted by atomic mass is 10.1. The predicted molar refractivity (Wildman–Crippen MR) is 124 cm³/mol. The molecule has 0 atom stereocenters. The topological polar surface area (TPSA) is 96.6 Å². The number of nitrogens with zero attached hydrogens (tertiary/aromatic N) is 4. The Hall–Kier alpha value is -3.04. The Morgan fingerprint density at radius 2 is 1.67 bits per heavy atom. The molecular formula is C24H28N4O4S. The number of carbonyl (C=O) groups excluding carboxylic acids is 1. The van der Waals surface area contributed by atoms with Crippen LogP contribution in [0.5, 0.6) is 0 Å². The molecule has 1 aromatic heterocycles. The quantitative estimate of drug-likeness (QED) is 0.529. The fourth-order valence-corrected chi connectivity index (χ4v) is 5.19. The Bertz CT molecular complexity index is 1200. The van der Waals surface area contributed by atoms with Crippen molar-refractivity contribution in [1.82, 2.24) is 19.3 Å². The van der Waals surface area contributed by atoms with Crippen LogP contribution in [0.15, 0.2) is 57.9 Å². The molecule has 2 aromatic carbocycles. The van der Waals surface area contributed by atoms with E-state index in [9.17, 15) is 13.2 Å². The molecule has 0 saturated carbocycles. The molecule has 4 rings (SSSR count). The van der Waals surface area contributed by atoms with Gasteiger partial charge in [0.2, 0.25) is 27.6 Å². The second kappa shape index (κ2) is 9.84. The summed E-state index contributed by atoms with van der Waals surface area (Å²) in [5, 5.41) is 4.02. The van der Waals surface area contributed by atoms with Crippen molar-refractivity contribution in [3.05, 3.63) is 65.5 Å². The van der Waals surface area contributed by atoms with Crippen LogP contribution in [0, 0.1) is 6.92 Å². The average Bonchev–Trinajstić information content (AvgIpc) is 3.32. The highest BCUT2D eigenvalue weighted by molar-refractivity contribution is 7.89. The van der Waals surface area contributed by atoms with Crippen molar-refractivity contribution in [3.8, 4) is 11.4 Å². The van der Waals surface area contributed by atoms with Crippen LogP contribution in [0.2, 0.25) is 0 Å². The van der Waals surface area contributed by atoms with E-state index in [1.165, 1.54) is 9.87 Å². The van der Waals surface area contributed by atoms with E-state index in [2.05, 4.69) is 17.1 Å². The standard InChI is InChI=1S/C24H28N4O4S/c1-3-19-6-8-20(9-7-19)24-25-22(32-26-24)12-13-23(29)27-14-16-28(17-15-27)33(30,31)21-10-4-18(2)5-11-21/h4-11H,3,12-17H2,1-2H3. The number of piperazine rings is 1. The van der Waals surface area contributed by atoms with Crippen molar-refractivity contribution in [3.63, 3.8) is 0 Å². The lowest BCUT2D eigenvalue weighted by molar-refractivity contribution is -0.132. The Kier molecular flexibility index (Phi) is 6.90. The van der Waals surface area contributed by atoms with Gasteiger partial charge in [-0.15, -0.1) is 0 Å². The number of hydrogen-bond donors (Lipinski definition) is 0. The molecule has 1 saturated heterocycles. The maximum atomic E-state index is 12.8. The third-order valence-electron chi connectivity index (χ3n) is 5.89. The van der Waals surface area contributed by atoms with Crippen molar-refractivity contribution < 1.29 is 17.7 Å². The van der Waals surface area contributed by atoms with Gasteiger partial charge in [0.1, 0.15) is 0 Å². The summed E-state index contributed by atoms with van der Waals surface area (Å²) in [7, 11) is -3.55. The van der Waals surface area contributed by atoms with Gasteiger partial charge in [0.05, 0.1) is 4.90 Å². The number of aryl methyl sites for hydroxylation is 3. The number of aromatic nitrogens is 2. The first-order valence-corrected chi connectivity index (χ1v) is 12.6. The molecule has 1 aliphatic heterocycles. The normalized spacial score (nSPS) is 15.0. The summed E-state index contributed by atoms with van der Waals surface area (Å²) >= 11 is 0. The molecule has 2 heterocycles. The van der Waals surface area contributed by atoms with Gasteiger partial charge in [-0.1, -0.05) is 54.0 Å². The highest BCUT2D eigenvalue weighted by atomic mass is 32.2. The minimum atomic E-state index is -3.55. The summed E-state index contributed by atoms with van der Waals surface area (Å²) in [6.45, 7) is 5.30. The van der Waals surface area contributed by atoms with E-state index in [0.717, 1.165) is 17.5 Å². The van der Waals surface area contributed by atoms with Crippen LogP contribution in [0.3, 0.4) is 0 Å². The Morgan fingerprint density at radius 3 is 2.30 bits per heavy atom. The van der Waals surface area contributed by atoms with Crippen LogP contribution in [0.25, 0.3) is 11.4 Å². The first kappa shape index (κ1) is 23.1. The fraction of sp³-hybridized carbons (Fsp3) is 0.375. The van der Waals surface area contributed by atoms with Crippen molar-refractivity contribution in [2.45, 2.75) is 38.0 Å². The molecule has 0 N–H and O–H groups in total. The summed E-state index contributed by atoms with van der Waals surface area (Å²) in [5.74, 6) is 0.878. The molecule has 0 spiro atoms. The zero-order valence-corrected chi connectivity index (χ0v) is 19.7. The van der Waals surface area contributed by atoms with Crippen molar-refractivity contribution in [1.29, 1.82) is 0 Å². The molecule has 174 valence electrons. The van der Waals surface area contributed by atoms with Crippen LogP contribution < -0.4 is 0 Å². The van der Waals surface area contributed by atoms with E-state index < -0.39 is 10.0 Å². The summed E-state index contributed by atoms with van der Waals surface area (Å²) in [6.07, 6.45) is 1.55. The Morgan fingerprint density at radius 1 is 1.00 bits per heavy atom. The number of benzene rings is 2. The van der Waals surface area contributed by atoms with E-state index in [0.29, 0.717) is 31.2 Å². The molecule has 3 aromatic rings. The molecule has 0 aliphatic carbocycles. The van der Waals surface area contributed by atoms with Crippen LogP contribution >= 0.6 is 0 Å². The highest BCUT2D eigenvalue weighted by Gasteiger charge is 2.30. The molecule has 8 nitrogen and oxygen atoms in total. The van der Waals surface area contributed by atoms with Gasteiger partial charge in [0.25, 0.3) is 0 Å². The minimum Gasteiger partial charge on any atom is -0.340 e. The largest absolute Gasteiger partial charge is 0.340 e. The van der Waals surface area contributed by atoms with E-state index in [-0.39, 0.29) is 30.3 Å². The molecular weight excluding hydrogens is 440 g/mol. The van der Waals surface area contributed by atoms with Crippen molar-refractivity contribution in [2.75, 3.05) is 26.2 Å². The summed E-state index contributed by atoms with van der Waals surface area (Å²) in [5.41, 5.74) is 3.12. The molecule has 9 heteroatoms. The third kappa shape index (κ3) is 5.31. The van der Waals surface area contributed by atoms with Gasteiger partial charge in [-0.2, -0.15) is 9.29 Å². The maximum absolute atomic E-state index is 12.8. The number of amides is 1. The minimum absolute atomic E-state index is 0.0468. The fourth-order valence-electron chi connectivity index (χ4n) is 3.77. The molecule has 0 radical (unpaired) electrons. The van der Waals surface area contributed by atoms with Crippen LogP contribution in [0.1, 0.15) is 30.4 Å². The van der Waals surface area contributed by atoms with Gasteiger partial charge in [-0.3, -0.25) is 4.79 Å². The SMILES string of the molecule is CCc1ccc(-c2noc(CCC(=O)N3CCN(S(=O)(=O)c4ccc(C)cc4)CC3)n2)cc1. The molecule has 0 unspecified atom stereocenters. The van der Waals surface area contributed by atoms with E-state index in [4.69, 9.17) is 4.52 Å². The smallest absolute Gasteiger partial charge is 0.243 e. The van der Waals surface area contributed by atoms with Gasteiger partial charge in [0.15, 0.2) is 0 Å². The lowest BCUT2D eigenvalue weighted by Gasteiger charge is -2.34. The zero-order valence-electron chi connectivity index (χ0n) is 18.9. The zero-order chi connectivity index (χ0) is 23.4. The molecule has 0 bridgehead atoms. The Balaban J connectivity index is 1.29. The maximum Gasteiger partial charge on any atom is 0.243 e. The van der Waals surface area contributed by atoms with Gasteiger partial charge >= 0.3 is 0 Å². The molecule has 1 aliphatic rings. The second-order valence-corrected chi connectivity index (χ2v) is 10.1. The first-order valence-electron chi connectivity index (χ1n) is 11.1. The number of rotatable bonds is 7. The number of hydrogen-bond acceptors (Lipinski definition) is 6. The first-order chi connectivity index (χ1) is 15.9. The van der Waals surface area contributed by atoms with E-state index in [1.807, 2.05) is 31.2 Å². The number of carbonyl (C=O) groups is 1. The van der Waals surface area contributed by atoms with Gasteiger partial charge < -0.3 is 9.42 Å². The highest BCUT2D eigenvalue weighted by Crippen LogP contribution is 2.20. The number of sulfonamides is 1. The van der Waals surface area contributed by atoms with E-state index in [1.54, 1.807) is 29.2 Å². The van der Waals surface area contributed by atoms with Gasteiger partial charge in [0, 0.05) is 44.6 Å². The monoisotopic (exact) mass is 468 g/mol. The van der Waals surface area contributed by atoms with Gasteiger partial charge in [-0.05, 0) is 31.0 Å². The van der Waals surface area contributed by atoms with E-state index >= 15 is 0 Å². The average molecular weight is 469 g/mol. The Labute approximate surface area is 194 Å². The van der Waals surface area contributed by atoms with Crippen molar-refractivity contribution in [2.24, 2.45) is 0 Å². The molecule has 1 amide bonds. The summed E-state index contributed by atoms with van der Waals surface area (Å²) < 4.78 is 32.4. The summed E-state index contributed by atoms with van der Waals surface area (Å²) in [6, 6.07) is 14.8. The third-order valence-corrected chi connectivity index (χ3v) is 7.80. The van der Waals surface area contributed by atoms with Crippen LogP contribution in [-0.2, 0) is 27.7 Å². The summed E-state index contributed by atoms with van der Waals surface area (Å²) in [4.78, 5) is 19.0. The molecule has 33 heavy (non-hydrogen) atoms. The lowest BCUT2D eigenvalue weighted by Crippen LogP contribution is -2.50. The van der Waals surface area contributed by atoms with Gasteiger partial charge in [-0.25, -0.2) is 8.42 Å².